The van der Waals surface area contributed by atoms with E-state index < -0.39 is 0 Å². The maximum absolute atomic E-state index is 12.7. The van der Waals surface area contributed by atoms with E-state index in [2.05, 4.69) is 48.1 Å². The quantitative estimate of drug-likeness (QED) is 0.538. The average Bonchev–Trinajstić information content (AvgIpc) is 2.75. The van der Waals surface area contributed by atoms with E-state index >= 15 is 0 Å². The second kappa shape index (κ2) is 9.47. The summed E-state index contributed by atoms with van der Waals surface area (Å²) in [5.74, 6) is 0.737. The molecule has 0 aliphatic carbocycles. The van der Waals surface area contributed by atoms with Crippen LogP contribution in [0, 0.1) is 0 Å². The molecule has 0 radical (unpaired) electrons. The Balaban J connectivity index is 1.27. The van der Waals surface area contributed by atoms with Crippen LogP contribution in [-0.4, -0.2) is 45.2 Å². The first-order chi connectivity index (χ1) is 14.6. The SMILES string of the molecule is CC(C)Sc1ccc(CC(=O)N2CCC(Oc3cnc4ccccc4n3)CC2)cc1. The summed E-state index contributed by atoms with van der Waals surface area (Å²) in [4.78, 5) is 24.8. The predicted molar refractivity (Wildman–Crippen MR) is 121 cm³/mol. The second-order valence-electron chi connectivity index (χ2n) is 7.88. The Morgan fingerprint density at radius 3 is 2.50 bits per heavy atom. The number of carbonyl (C=O) groups is 1. The minimum atomic E-state index is 0.0665. The molecule has 30 heavy (non-hydrogen) atoms. The molecular formula is C24H27N3O2S. The highest BCUT2D eigenvalue weighted by atomic mass is 32.2. The van der Waals surface area contributed by atoms with Crippen molar-refractivity contribution >= 4 is 28.7 Å². The zero-order valence-corrected chi connectivity index (χ0v) is 18.3. The van der Waals surface area contributed by atoms with Gasteiger partial charge in [0.1, 0.15) is 6.10 Å². The molecule has 1 aliphatic heterocycles. The summed E-state index contributed by atoms with van der Waals surface area (Å²) < 4.78 is 6.04. The monoisotopic (exact) mass is 421 g/mol. The zero-order valence-electron chi connectivity index (χ0n) is 17.5. The van der Waals surface area contributed by atoms with Gasteiger partial charge in [0.15, 0.2) is 0 Å². The number of nitrogens with zero attached hydrogens (tertiary/aromatic N) is 3. The molecule has 4 rings (SSSR count). The average molecular weight is 422 g/mol. The summed E-state index contributed by atoms with van der Waals surface area (Å²) >= 11 is 1.84. The third-order valence-electron chi connectivity index (χ3n) is 5.16. The molecule has 156 valence electrons. The molecule has 2 aromatic carbocycles. The van der Waals surface area contributed by atoms with Gasteiger partial charge < -0.3 is 9.64 Å². The van der Waals surface area contributed by atoms with Crippen molar-refractivity contribution in [2.24, 2.45) is 0 Å². The number of para-hydroxylation sites is 2. The van der Waals surface area contributed by atoms with Gasteiger partial charge in [-0.05, 0) is 29.8 Å². The molecule has 1 aliphatic rings. The number of fused-ring (bicyclic) bond motifs is 1. The lowest BCUT2D eigenvalue weighted by Gasteiger charge is -2.32. The van der Waals surface area contributed by atoms with Crippen LogP contribution in [-0.2, 0) is 11.2 Å². The van der Waals surface area contributed by atoms with Crippen molar-refractivity contribution in [2.75, 3.05) is 13.1 Å². The number of ether oxygens (including phenoxy) is 1. The van der Waals surface area contributed by atoms with Gasteiger partial charge in [0.05, 0.1) is 23.7 Å². The molecule has 1 amide bonds. The molecule has 1 aromatic heterocycles. The molecule has 0 bridgehead atoms. The lowest BCUT2D eigenvalue weighted by Crippen LogP contribution is -2.42. The van der Waals surface area contributed by atoms with Gasteiger partial charge in [0.25, 0.3) is 0 Å². The van der Waals surface area contributed by atoms with Crippen LogP contribution in [0.3, 0.4) is 0 Å². The summed E-state index contributed by atoms with van der Waals surface area (Å²) in [6.45, 7) is 5.79. The fraction of sp³-hybridized carbons (Fsp3) is 0.375. The fourth-order valence-corrected chi connectivity index (χ4v) is 4.47. The fourth-order valence-electron chi connectivity index (χ4n) is 3.64. The molecular weight excluding hydrogens is 394 g/mol. The standard InChI is InChI=1S/C24H27N3O2S/c1-17(2)30-20-9-7-18(8-10-20)15-24(28)27-13-11-19(12-14-27)29-23-16-25-21-5-3-4-6-22(21)26-23/h3-10,16-17,19H,11-15H2,1-2H3. The summed E-state index contributed by atoms with van der Waals surface area (Å²) in [7, 11) is 0. The minimum absolute atomic E-state index is 0.0665. The maximum atomic E-state index is 12.7. The predicted octanol–water partition coefficient (Wildman–Crippen LogP) is 4.74. The van der Waals surface area contributed by atoms with Crippen molar-refractivity contribution in [2.45, 2.75) is 49.4 Å². The number of piperidine rings is 1. The number of thioether (sulfide) groups is 1. The molecule has 0 spiro atoms. The molecule has 6 heteroatoms. The molecule has 0 unspecified atom stereocenters. The van der Waals surface area contributed by atoms with Crippen molar-refractivity contribution in [3.05, 3.63) is 60.3 Å². The molecule has 1 fully saturated rings. The number of likely N-dealkylation sites (tertiary alicyclic amines) is 1. The van der Waals surface area contributed by atoms with Crippen LogP contribution in [0.25, 0.3) is 11.0 Å². The molecule has 0 saturated carbocycles. The van der Waals surface area contributed by atoms with E-state index in [-0.39, 0.29) is 12.0 Å². The first-order valence-corrected chi connectivity index (χ1v) is 11.4. The van der Waals surface area contributed by atoms with Crippen LogP contribution in [0.1, 0.15) is 32.3 Å². The van der Waals surface area contributed by atoms with Gasteiger partial charge in [0.2, 0.25) is 11.8 Å². The third kappa shape index (κ3) is 5.30. The highest BCUT2D eigenvalue weighted by Gasteiger charge is 2.24. The van der Waals surface area contributed by atoms with Crippen LogP contribution in [0.5, 0.6) is 5.88 Å². The number of amides is 1. The smallest absolute Gasteiger partial charge is 0.233 e. The Hall–Kier alpha value is -2.60. The molecule has 2 heterocycles. The molecule has 5 nitrogen and oxygen atoms in total. The lowest BCUT2D eigenvalue weighted by molar-refractivity contribution is -0.132. The largest absolute Gasteiger partial charge is 0.473 e. The van der Waals surface area contributed by atoms with Crippen molar-refractivity contribution in [3.63, 3.8) is 0 Å². The Kier molecular flexibility index (Phi) is 6.53. The van der Waals surface area contributed by atoms with Gasteiger partial charge in [-0.25, -0.2) is 9.97 Å². The van der Waals surface area contributed by atoms with Gasteiger partial charge in [-0.2, -0.15) is 0 Å². The maximum Gasteiger partial charge on any atom is 0.233 e. The van der Waals surface area contributed by atoms with Crippen LogP contribution in [0.4, 0.5) is 0 Å². The van der Waals surface area contributed by atoms with Crippen molar-refractivity contribution in [3.8, 4) is 5.88 Å². The normalized spacial score (nSPS) is 15.0. The number of carbonyl (C=O) groups excluding carboxylic acids is 1. The van der Waals surface area contributed by atoms with Crippen LogP contribution in [0.15, 0.2) is 59.6 Å². The van der Waals surface area contributed by atoms with Crippen LogP contribution in [0.2, 0.25) is 0 Å². The van der Waals surface area contributed by atoms with E-state index in [4.69, 9.17) is 4.74 Å². The van der Waals surface area contributed by atoms with Gasteiger partial charge >= 0.3 is 0 Å². The summed E-state index contributed by atoms with van der Waals surface area (Å²) in [6.07, 6.45) is 3.82. The molecule has 1 saturated heterocycles. The van der Waals surface area contributed by atoms with E-state index in [0.29, 0.717) is 30.6 Å². The first-order valence-electron chi connectivity index (χ1n) is 10.5. The Labute approximate surface area is 181 Å². The number of hydrogen-bond acceptors (Lipinski definition) is 5. The van der Waals surface area contributed by atoms with Crippen molar-refractivity contribution < 1.29 is 9.53 Å². The van der Waals surface area contributed by atoms with Crippen LogP contribution < -0.4 is 4.74 Å². The first kappa shape index (κ1) is 20.7. The third-order valence-corrected chi connectivity index (χ3v) is 6.17. The lowest BCUT2D eigenvalue weighted by atomic mass is 10.1. The van der Waals surface area contributed by atoms with E-state index in [0.717, 1.165) is 29.4 Å². The highest BCUT2D eigenvalue weighted by molar-refractivity contribution is 7.99. The van der Waals surface area contributed by atoms with Gasteiger partial charge in [-0.1, -0.05) is 38.1 Å². The van der Waals surface area contributed by atoms with Crippen molar-refractivity contribution in [1.82, 2.24) is 14.9 Å². The van der Waals surface area contributed by atoms with E-state index in [1.165, 1.54) is 4.90 Å². The van der Waals surface area contributed by atoms with Gasteiger partial charge in [0, 0.05) is 36.1 Å². The van der Waals surface area contributed by atoms with Crippen LogP contribution >= 0.6 is 11.8 Å². The van der Waals surface area contributed by atoms with E-state index in [1.807, 2.05) is 40.9 Å². The molecule has 0 atom stereocenters. The number of benzene rings is 2. The zero-order chi connectivity index (χ0) is 20.9. The summed E-state index contributed by atoms with van der Waals surface area (Å²) in [5, 5.41) is 0.557. The second-order valence-corrected chi connectivity index (χ2v) is 9.53. The summed E-state index contributed by atoms with van der Waals surface area (Å²) in [5.41, 5.74) is 2.76. The van der Waals surface area contributed by atoms with Gasteiger partial charge in [-0.3, -0.25) is 4.79 Å². The minimum Gasteiger partial charge on any atom is -0.473 e. The Morgan fingerprint density at radius 2 is 1.80 bits per heavy atom. The topological polar surface area (TPSA) is 55.3 Å². The Bertz CT molecular complexity index is 999. The molecule has 3 aromatic rings. The van der Waals surface area contributed by atoms with E-state index in [1.54, 1.807) is 6.20 Å². The number of rotatable bonds is 6. The van der Waals surface area contributed by atoms with Gasteiger partial charge in [-0.15, -0.1) is 11.8 Å². The summed E-state index contributed by atoms with van der Waals surface area (Å²) in [6, 6.07) is 16.1. The number of hydrogen-bond donors (Lipinski definition) is 0. The highest BCUT2D eigenvalue weighted by Crippen LogP contribution is 2.24. The van der Waals surface area contributed by atoms with E-state index in [9.17, 15) is 4.79 Å². The molecule has 0 N–H and O–H groups in total. The number of aromatic nitrogens is 2. The Morgan fingerprint density at radius 1 is 1.10 bits per heavy atom. The van der Waals surface area contributed by atoms with Crippen molar-refractivity contribution in [1.29, 1.82) is 0 Å².